The average molecular weight is 462 g/mol. The van der Waals surface area contributed by atoms with E-state index in [0.29, 0.717) is 30.6 Å². The molecule has 33 heavy (non-hydrogen) atoms. The van der Waals surface area contributed by atoms with Crippen molar-refractivity contribution in [2.45, 2.75) is 39.0 Å². The van der Waals surface area contributed by atoms with Crippen LogP contribution in [0, 0.1) is 0 Å². The first-order valence-electron chi connectivity index (χ1n) is 10.8. The molecule has 0 saturated carbocycles. The van der Waals surface area contributed by atoms with Crippen molar-refractivity contribution in [3.63, 3.8) is 0 Å². The molecule has 0 amide bonds. The molecular formula is C22H31N5O6. The molecule has 2 heterocycles. The number of nitrogens with zero attached hydrogens (tertiary/aromatic N) is 3. The molecule has 0 fully saturated rings. The van der Waals surface area contributed by atoms with E-state index in [2.05, 4.69) is 15.3 Å². The number of fused-ring (bicyclic) bond motifs is 1. The third-order valence-electron chi connectivity index (χ3n) is 4.96. The van der Waals surface area contributed by atoms with Gasteiger partial charge in [-0.05, 0) is 44.5 Å². The molecule has 0 radical (unpaired) electrons. The first-order chi connectivity index (χ1) is 15.8. The maximum absolute atomic E-state index is 12.6. The predicted molar refractivity (Wildman–Crippen MR) is 124 cm³/mol. The normalized spacial score (nSPS) is 12.3. The Morgan fingerprint density at radius 3 is 2.55 bits per heavy atom. The van der Waals surface area contributed by atoms with Crippen LogP contribution in [-0.2, 0) is 18.3 Å². The molecule has 2 aromatic heterocycles. The van der Waals surface area contributed by atoms with Gasteiger partial charge in [-0.2, -0.15) is 4.98 Å². The third kappa shape index (κ3) is 6.14. The highest BCUT2D eigenvalue weighted by Crippen LogP contribution is 2.19. The third-order valence-corrected chi connectivity index (χ3v) is 4.96. The number of aryl methyl sites for hydroxylation is 1. The van der Waals surface area contributed by atoms with Crippen LogP contribution in [0.5, 0.6) is 11.5 Å². The smallest absolute Gasteiger partial charge is 0.329 e. The zero-order valence-corrected chi connectivity index (χ0v) is 19.3. The van der Waals surface area contributed by atoms with E-state index in [9.17, 15) is 14.7 Å². The van der Waals surface area contributed by atoms with Gasteiger partial charge in [-0.25, -0.2) is 4.79 Å². The molecule has 0 saturated heterocycles. The number of imidazole rings is 1. The molecule has 0 unspecified atom stereocenters. The van der Waals surface area contributed by atoms with Gasteiger partial charge in [-0.1, -0.05) is 0 Å². The van der Waals surface area contributed by atoms with Crippen LogP contribution in [0.4, 0.5) is 5.95 Å². The van der Waals surface area contributed by atoms with Gasteiger partial charge in [0.25, 0.3) is 5.56 Å². The summed E-state index contributed by atoms with van der Waals surface area (Å²) in [5, 5.41) is 13.8. The standard InChI is InChI=1S/C22H31N5O6/c1-14(2)32-11-5-10-23-21-24-19-18(20(29)25-22(30)26(19)3)27(21)12-15(28)13-33-17-8-6-16(31-4)7-9-17/h6-9,14-15,28H,5,10-13H2,1-4H3,(H,23,24)(H,25,29,30)/t15-/m1/s1. The van der Waals surface area contributed by atoms with E-state index in [-0.39, 0.29) is 30.4 Å². The lowest BCUT2D eigenvalue weighted by Gasteiger charge is -2.16. The summed E-state index contributed by atoms with van der Waals surface area (Å²) in [6.45, 7) is 5.09. The Labute approximate surface area is 190 Å². The van der Waals surface area contributed by atoms with Crippen molar-refractivity contribution in [1.29, 1.82) is 0 Å². The number of anilines is 1. The number of H-pyrrole nitrogens is 1. The van der Waals surface area contributed by atoms with Gasteiger partial charge in [-0.3, -0.25) is 14.3 Å². The summed E-state index contributed by atoms with van der Waals surface area (Å²) in [5.41, 5.74) is -0.702. The van der Waals surface area contributed by atoms with Crippen molar-refractivity contribution < 1.29 is 19.3 Å². The highest BCUT2D eigenvalue weighted by molar-refractivity contribution is 5.74. The number of methoxy groups -OCH3 is 1. The minimum absolute atomic E-state index is 0.00264. The second-order valence-corrected chi connectivity index (χ2v) is 7.88. The Morgan fingerprint density at radius 2 is 1.88 bits per heavy atom. The second-order valence-electron chi connectivity index (χ2n) is 7.88. The molecule has 1 atom stereocenters. The van der Waals surface area contributed by atoms with Gasteiger partial charge in [-0.15, -0.1) is 0 Å². The molecular weight excluding hydrogens is 430 g/mol. The maximum Gasteiger partial charge on any atom is 0.329 e. The Bertz CT molecular complexity index is 1160. The number of ether oxygens (including phenoxy) is 3. The molecule has 3 rings (SSSR count). The number of aromatic amines is 1. The molecule has 11 heteroatoms. The van der Waals surface area contributed by atoms with Gasteiger partial charge < -0.3 is 29.2 Å². The largest absolute Gasteiger partial charge is 0.497 e. The number of hydrogen-bond donors (Lipinski definition) is 3. The number of aliphatic hydroxyl groups is 1. The van der Waals surface area contributed by atoms with Crippen LogP contribution in [0.1, 0.15) is 20.3 Å². The average Bonchev–Trinajstić information content (AvgIpc) is 3.14. The highest BCUT2D eigenvalue weighted by Gasteiger charge is 2.20. The number of benzene rings is 1. The molecule has 0 spiro atoms. The lowest BCUT2D eigenvalue weighted by Crippen LogP contribution is -2.31. The van der Waals surface area contributed by atoms with Crippen molar-refractivity contribution in [1.82, 2.24) is 19.1 Å². The summed E-state index contributed by atoms with van der Waals surface area (Å²) in [6.07, 6.45) is -0.0748. The number of hydrogen-bond acceptors (Lipinski definition) is 8. The molecule has 0 aliphatic carbocycles. The van der Waals surface area contributed by atoms with Crippen LogP contribution in [-0.4, -0.2) is 63.3 Å². The fourth-order valence-electron chi connectivity index (χ4n) is 3.27. The van der Waals surface area contributed by atoms with Crippen LogP contribution >= 0.6 is 0 Å². The van der Waals surface area contributed by atoms with Gasteiger partial charge in [0.05, 0.1) is 19.8 Å². The van der Waals surface area contributed by atoms with Crippen molar-refractivity contribution >= 4 is 17.1 Å². The molecule has 11 nitrogen and oxygen atoms in total. The summed E-state index contributed by atoms with van der Waals surface area (Å²) in [6, 6.07) is 7.00. The zero-order valence-electron chi connectivity index (χ0n) is 19.3. The van der Waals surface area contributed by atoms with Gasteiger partial charge >= 0.3 is 5.69 Å². The Balaban J connectivity index is 1.77. The fraction of sp³-hybridized carbons (Fsp3) is 0.500. The van der Waals surface area contributed by atoms with Crippen LogP contribution in [0.3, 0.4) is 0 Å². The van der Waals surface area contributed by atoms with E-state index in [1.54, 1.807) is 35.9 Å². The van der Waals surface area contributed by atoms with Crippen LogP contribution < -0.4 is 26.0 Å². The fourth-order valence-corrected chi connectivity index (χ4v) is 3.27. The van der Waals surface area contributed by atoms with Gasteiger partial charge in [0, 0.05) is 20.2 Å². The maximum atomic E-state index is 12.6. The summed E-state index contributed by atoms with van der Waals surface area (Å²) < 4.78 is 19.2. The summed E-state index contributed by atoms with van der Waals surface area (Å²) in [4.78, 5) is 31.3. The molecule has 3 aromatic rings. The first kappa shape index (κ1) is 24.3. The molecule has 0 aliphatic rings. The summed E-state index contributed by atoms with van der Waals surface area (Å²) in [7, 11) is 3.11. The van der Waals surface area contributed by atoms with Crippen molar-refractivity contribution in [2.24, 2.45) is 7.05 Å². The van der Waals surface area contributed by atoms with E-state index in [1.165, 1.54) is 11.6 Å². The second kappa shape index (κ2) is 11.0. The van der Waals surface area contributed by atoms with Crippen LogP contribution in [0.2, 0.25) is 0 Å². The molecule has 0 bridgehead atoms. The van der Waals surface area contributed by atoms with Crippen molar-refractivity contribution in [2.75, 3.05) is 32.2 Å². The molecule has 0 aliphatic heterocycles. The van der Waals surface area contributed by atoms with Crippen molar-refractivity contribution in [3.8, 4) is 11.5 Å². The van der Waals surface area contributed by atoms with Gasteiger partial charge in [0.1, 0.15) is 24.2 Å². The number of nitrogens with one attached hydrogen (secondary N) is 2. The van der Waals surface area contributed by atoms with E-state index >= 15 is 0 Å². The lowest BCUT2D eigenvalue weighted by molar-refractivity contribution is 0.0786. The topological polar surface area (TPSA) is 133 Å². The minimum Gasteiger partial charge on any atom is -0.497 e. The van der Waals surface area contributed by atoms with Crippen molar-refractivity contribution in [3.05, 3.63) is 45.1 Å². The van der Waals surface area contributed by atoms with E-state index in [0.717, 1.165) is 6.42 Å². The number of aliphatic hydroxyl groups excluding tert-OH is 1. The Hall–Kier alpha value is -3.31. The summed E-state index contributed by atoms with van der Waals surface area (Å²) >= 11 is 0. The SMILES string of the molecule is COc1ccc(OC[C@H](O)Cn2c(NCCCOC(C)C)nc3c2c(=O)[nH]c(=O)n3C)cc1. The van der Waals surface area contributed by atoms with E-state index in [1.807, 2.05) is 13.8 Å². The molecule has 180 valence electrons. The zero-order chi connectivity index (χ0) is 24.0. The molecule has 3 N–H and O–H groups in total. The Kier molecular flexibility index (Phi) is 8.12. The minimum atomic E-state index is -0.939. The Morgan fingerprint density at radius 1 is 1.18 bits per heavy atom. The molecule has 1 aromatic carbocycles. The first-order valence-corrected chi connectivity index (χ1v) is 10.8. The lowest BCUT2D eigenvalue weighted by atomic mass is 10.3. The highest BCUT2D eigenvalue weighted by atomic mass is 16.5. The quantitative estimate of drug-likeness (QED) is 0.342. The van der Waals surface area contributed by atoms with E-state index in [4.69, 9.17) is 14.2 Å². The van der Waals surface area contributed by atoms with E-state index < -0.39 is 17.4 Å². The van der Waals surface area contributed by atoms with Gasteiger partial charge in [0.15, 0.2) is 11.2 Å². The number of aromatic nitrogens is 4. The van der Waals surface area contributed by atoms with Crippen LogP contribution in [0.15, 0.2) is 33.9 Å². The number of rotatable bonds is 12. The summed E-state index contributed by atoms with van der Waals surface area (Å²) in [5.74, 6) is 1.66. The van der Waals surface area contributed by atoms with Gasteiger partial charge in [0.2, 0.25) is 5.95 Å². The van der Waals surface area contributed by atoms with Crippen LogP contribution in [0.25, 0.3) is 11.2 Å². The predicted octanol–water partition coefficient (Wildman–Crippen LogP) is 1.10. The monoisotopic (exact) mass is 461 g/mol.